The molecule has 0 aliphatic rings. The van der Waals surface area contributed by atoms with Crippen LogP contribution in [0.5, 0.6) is 0 Å². The summed E-state index contributed by atoms with van der Waals surface area (Å²) in [6, 6.07) is 0. The van der Waals surface area contributed by atoms with Crippen molar-refractivity contribution in [1.82, 2.24) is 0 Å². The van der Waals surface area contributed by atoms with Crippen LogP contribution < -0.4 is 11.1 Å². The van der Waals surface area contributed by atoms with Crippen LogP contribution >= 0.6 is 11.3 Å². The number of nitrogen functional groups attached to an aromatic ring is 1. The number of carbonyl (C=O) groups excluding carboxylic acids is 2. The highest BCUT2D eigenvalue weighted by Crippen LogP contribution is 2.36. The average molecular weight is 300 g/mol. The van der Waals surface area contributed by atoms with Gasteiger partial charge in [0.2, 0.25) is 0 Å². The van der Waals surface area contributed by atoms with Gasteiger partial charge in [0.1, 0.15) is 15.4 Å². The van der Waals surface area contributed by atoms with E-state index in [1.165, 1.54) is 14.2 Å². The zero-order valence-electron chi connectivity index (χ0n) is 11.9. The predicted octanol–water partition coefficient (Wildman–Crippen LogP) is 2.51. The molecule has 6 nitrogen and oxygen atoms in total. The molecule has 0 aliphatic carbocycles. The second kappa shape index (κ2) is 7.74. The van der Waals surface area contributed by atoms with Gasteiger partial charge in [0.15, 0.2) is 0 Å². The van der Waals surface area contributed by atoms with Crippen LogP contribution in [0, 0.1) is 0 Å². The van der Waals surface area contributed by atoms with E-state index in [-0.39, 0.29) is 16.1 Å². The molecule has 0 fully saturated rings. The lowest BCUT2D eigenvalue weighted by Crippen LogP contribution is -2.10. The van der Waals surface area contributed by atoms with E-state index in [0.29, 0.717) is 11.5 Å². The SMILES string of the molecule is CCCCCNc1sc(C(=O)OC)c(N)c1C(=O)OC. The Bertz CT molecular complexity index is 485. The molecule has 20 heavy (non-hydrogen) atoms. The van der Waals surface area contributed by atoms with Gasteiger partial charge in [-0.2, -0.15) is 0 Å². The van der Waals surface area contributed by atoms with Gasteiger partial charge in [-0.15, -0.1) is 11.3 Å². The summed E-state index contributed by atoms with van der Waals surface area (Å²) in [6.07, 6.45) is 3.17. The molecule has 1 heterocycles. The predicted molar refractivity (Wildman–Crippen MR) is 79.4 cm³/mol. The first-order valence-electron chi connectivity index (χ1n) is 6.39. The third-order valence-corrected chi connectivity index (χ3v) is 3.91. The van der Waals surface area contributed by atoms with E-state index in [4.69, 9.17) is 10.5 Å². The minimum atomic E-state index is -0.563. The number of unbranched alkanes of at least 4 members (excludes halogenated alkanes) is 2. The fraction of sp³-hybridized carbons (Fsp3) is 0.538. The molecule has 3 N–H and O–H groups in total. The van der Waals surface area contributed by atoms with Crippen LogP contribution in [-0.2, 0) is 9.47 Å². The van der Waals surface area contributed by atoms with Crippen molar-refractivity contribution in [3.63, 3.8) is 0 Å². The molecule has 1 rings (SSSR count). The molecule has 0 bridgehead atoms. The molecule has 0 spiro atoms. The van der Waals surface area contributed by atoms with Crippen molar-refractivity contribution in [3.05, 3.63) is 10.4 Å². The van der Waals surface area contributed by atoms with Gasteiger partial charge < -0.3 is 20.5 Å². The summed E-state index contributed by atoms with van der Waals surface area (Å²) >= 11 is 1.11. The number of methoxy groups -OCH3 is 2. The Balaban J connectivity index is 3.01. The van der Waals surface area contributed by atoms with E-state index < -0.39 is 11.9 Å². The minimum Gasteiger partial charge on any atom is -0.465 e. The van der Waals surface area contributed by atoms with Gasteiger partial charge in [0.05, 0.1) is 19.9 Å². The van der Waals surface area contributed by atoms with Gasteiger partial charge in [-0.3, -0.25) is 0 Å². The standard InChI is InChI=1S/C13H20N2O4S/c1-4-5-6-7-15-11-8(12(16)18-2)9(14)10(20-11)13(17)19-3/h15H,4-7,14H2,1-3H3. The number of nitrogens with one attached hydrogen (secondary N) is 1. The van der Waals surface area contributed by atoms with E-state index in [0.717, 1.165) is 30.6 Å². The highest BCUT2D eigenvalue weighted by Gasteiger charge is 2.26. The Hall–Kier alpha value is -1.76. The molecule has 112 valence electrons. The fourth-order valence-electron chi connectivity index (χ4n) is 1.69. The van der Waals surface area contributed by atoms with Crippen LogP contribution in [0.2, 0.25) is 0 Å². The number of nitrogens with two attached hydrogens (primary N) is 1. The third-order valence-electron chi connectivity index (χ3n) is 2.77. The smallest absolute Gasteiger partial charge is 0.350 e. The molecule has 1 aromatic rings. The average Bonchev–Trinajstić information content (AvgIpc) is 2.79. The van der Waals surface area contributed by atoms with Gasteiger partial charge in [-0.1, -0.05) is 19.8 Å². The van der Waals surface area contributed by atoms with Crippen LogP contribution in [0.1, 0.15) is 46.2 Å². The molecule has 0 saturated heterocycles. The maximum absolute atomic E-state index is 11.8. The molecule has 0 aliphatic heterocycles. The van der Waals surface area contributed by atoms with Crippen molar-refractivity contribution in [3.8, 4) is 0 Å². The summed E-state index contributed by atoms with van der Waals surface area (Å²) in [5.41, 5.74) is 6.16. The van der Waals surface area contributed by atoms with Crippen molar-refractivity contribution >= 4 is 34.0 Å². The molecule has 0 unspecified atom stereocenters. The number of carbonyl (C=O) groups is 2. The molecule has 0 radical (unpaired) electrons. The molecule has 0 amide bonds. The maximum atomic E-state index is 11.8. The van der Waals surface area contributed by atoms with Crippen LogP contribution in [-0.4, -0.2) is 32.7 Å². The summed E-state index contributed by atoms with van der Waals surface area (Å²) in [5, 5.41) is 3.68. The molecule has 1 aromatic heterocycles. The normalized spacial score (nSPS) is 10.2. The maximum Gasteiger partial charge on any atom is 0.350 e. The Morgan fingerprint density at radius 3 is 2.40 bits per heavy atom. The van der Waals surface area contributed by atoms with Crippen LogP contribution in [0.4, 0.5) is 10.7 Å². The molecule has 7 heteroatoms. The van der Waals surface area contributed by atoms with E-state index in [9.17, 15) is 9.59 Å². The van der Waals surface area contributed by atoms with E-state index in [1.54, 1.807) is 0 Å². The number of ether oxygens (including phenoxy) is 2. The van der Waals surface area contributed by atoms with Crippen molar-refractivity contribution < 1.29 is 19.1 Å². The minimum absolute atomic E-state index is 0.103. The van der Waals surface area contributed by atoms with Gasteiger partial charge >= 0.3 is 11.9 Å². The number of rotatable bonds is 7. The Morgan fingerprint density at radius 2 is 1.85 bits per heavy atom. The summed E-state index contributed by atoms with van der Waals surface area (Å²) in [7, 11) is 2.55. The number of hydrogen-bond donors (Lipinski definition) is 2. The zero-order chi connectivity index (χ0) is 15.1. The lowest BCUT2D eigenvalue weighted by molar-refractivity contribution is 0.0602. The quantitative estimate of drug-likeness (QED) is 0.594. The highest BCUT2D eigenvalue weighted by molar-refractivity contribution is 7.19. The van der Waals surface area contributed by atoms with Crippen LogP contribution in [0.15, 0.2) is 0 Å². The summed E-state index contributed by atoms with van der Waals surface area (Å²) in [4.78, 5) is 23.6. The van der Waals surface area contributed by atoms with Crippen LogP contribution in [0.25, 0.3) is 0 Å². The van der Waals surface area contributed by atoms with Crippen molar-refractivity contribution in [2.75, 3.05) is 31.8 Å². The number of anilines is 2. The number of hydrogen-bond acceptors (Lipinski definition) is 7. The lowest BCUT2D eigenvalue weighted by atomic mass is 10.2. The molecule has 0 saturated carbocycles. The largest absolute Gasteiger partial charge is 0.465 e. The molecule has 0 aromatic carbocycles. The third kappa shape index (κ3) is 3.63. The van der Waals surface area contributed by atoms with Gasteiger partial charge in [0.25, 0.3) is 0 Å². The van der Waals surface area contributed by atoms with Crippen molar-refractivity contribution in [2.45, 2.75) is 26.2 Å². The molecular weight excluding hydrogens is 280 g/mol. The second-order valence-electron chi connectivity index (χ2n) is 4.17. The first kappa shape index (κ1) is 16.3. The molecule has 0 atom stereocenters. The Morgan fingerprint density at radius 1 is 1.20 bits per heavy atom. The summed E-state index contributed by atoms with van der Waals surface area (Å²) in [6.45, 7) is 2.82. The first-order valence-corrected chi connectivity index (χ1v) is 7.21. The summed E-state index contributed by atoms with van der Waals surface area (Å²) in [5.74, 6) is -1.12. The van der Waals surface area contributed by atoms with Gasteiger partial charge in [-0.25, -0.2) is 9.59 Å². The van der Waals surface area contributed by atoms with E-state index in [1.807, 2.05) is 0 Å². The second-order valence-corrected chi connectivity index (χ2v) is 5.19. The van der Waals surface area contributed by atoms with E-state index in [2.05, 4.69) is 17.0 Å². The lowest BCUT2D eigenvalue weighted by Gasteiger charge is -2.06. The highest BCUT2D eigenvalue weighted by atomic mass is 32.1. The fourth-order valence-corrected chi connectivity index (χ4v) is 2.75. The van der Waals surface area contributed by atoms with Crippen molar-refractivity contribution in [1.29, 1.82) is 0 Å². The zero-order valence-corrected chi connectivity index (χ0v) is 12.8. The number of thiophene rings is 1. The van der Waals surface area contributed by atoms with Crippen LogP contribution in [0.3, 0.4) is 0 Å². The topological polar surface area (TPSA) is 90.6 Å². The van der Waals surface area contributed by atoms with Crippen molar-refractivity contribution in [2.24, 2.45) is 0 Å². The Kier molecular flexibility index (Phi) is 6.30. The monoisotopic (exact) mass is 300 g/mol. The summed E-state index contributed by atoms with van der Waals surface area (Å²) < 4.78 is 9.36. The Labute approximate surface area is 122 Å². The number of esters is 2. The first-order chi connectivity index (χ1) is 9.56. The van der Waals surface area contributed by atoms with Gasteiger partial charge in [-0.05, 0) is 6.42 Å². The van der Waals surface area contributed by atoms with Gasteiger partial charge in [0, 0.05) is 6.54 Å². The van der Waals surface area contributed by atoms with E-state index >= 15 is 0 Å². The molecular formula is C13H20N2O4S.